The summed E-state index contributed by atoms with van der Waals surface area (Å²) in [7, 11) is 0. The summed E-state index contributed by atoms with van der Waals surface area (Å²) < 4.78 is 43.5. The van der Waals surface area contributed by atoms with Crippen molar-refractivity contribution in [3.8, 4) is 0 Å². The number of carbonyl (C=O) groups is 2. The highest BCUT2D eigenvalue weighted by atomic mass is 19.4. The van der Waals surface area contributed by atoms with Crippen molar-refractivity contribution in [3.05, 3.63) is 29.7 Å². The molecule has 0 aromatic carbocycles. The number of allylic oxidation sites excluding steroid dienone is 3. The number of amides is 2. The van der Waals surface area contributed by atoms with Crippen LogP contribution >= 0.6 is 0 Å². The number of nitrogens with zero attached hydrogens (tertiary/aromatic N) is 6. The zero-order valence-electron chi connectivity index (χ0n) is 22.9. The number of aromatic nitrogens is 3. The normalized spacial score (nSPS) is 23.2. The third kappa shape index (κ3) is 8.52. The molecule has 11 nitrogen and oxygen atoms in total. The summed E-state index contributed by atoms with van der Waals surface area (Å²) >= 11 is 0. The van der Waals surface area contributed by atoms with E-state index in [4.69, 9.17) is 0 Å². The number of hydrogen-bond donors (Lipinski definition) is 2. The highest BCUT2D eigenvalue weighted by molar-refractivity contribution is 5.91. The lowest BCUT2D eigenvalue weighted by Gasteiger charge is -2.21. The van der Waals surface area contributed by atoms with Crippen LogP contribution < -0.4 is 10.6 Å². The van der Waals surface area contributed by atoms with Gasteiger partial charge in [0.15, 0.2) is 11.4 Å². The van der Waals surface area contributed by atoms with E-state index in [1.807, 2.05) is 11.9 Å². The van der Waals surface area contributed by atoms with E-state index in [0.29, 0.717) is 44.1 Å². The maximum absolute atomic E-state index is 12.7. The van der Waals surface area contributed by atoms with Crippen molar-refractivity contribution in [2.24, 2.45) is 22.2 Å². The fourth-order valence-corrected chi connectivity index (χ4v) is 5.08. The summed E-state index contributed by atoms with van der Waals surface area (Å²) in [5.41, 5.74) is -0.421. The zero-order valence-corrected chi connectivity index (χ0v) is 22.9. The number of carbonyl (C=O) groups excluding carboxylic acids is 2. The smallest absolute Gasteiger partial charge is 0.410 e. The molecule has 14 heteroatoms. The fraction of sp³-hybridized carbons (Fsp3) is 0.692. The quantitative estimate of drug-likeness (QED) is 0.358. The molecule has 0 saturated heterocycles. The van der Waals surface area contributed by atoms with E-state index in [2.05, 4.69) is 36.0 Å². The molecular weight excluding hydrogens is 529 g/mol. The molecule has 0 spiro atoms. The van der Waals surface area contributed by atoms with Crippen LogP contribution in [0.2, 0.25) is 0 Å². The Morgan fingerprint density at radius 1 is 1.20 bits per heavy atom. The Hall–Kier alpha value is -3.45. The second-order valence-corrected chi connectivity index (χ2v) is 11.0. The minimum absolute atomic E-state index is 0.0803. The zero-order chi connectivity index (χ0) is 28.8. The molecule has 2 amide bonds. The van der Waals surface area contributed by atoms with E-state index < -0.39 is 23.7 Å². The number of nitrogens with one attached hydrogen (secondary N) is 2. The van der Waals surface area contributed by atoms with Crippen molar-refractivity contribution < 1.29 is 27.5 Å². The van der Waals surface area contributed by atoms with Crippen LogP contribution in [0.3, 0.4) is 0 Å². The van der Waals surface area contributed by atoms with Gasteiger partial charge in [-0.3, -0.25) is 19.3 Å². The molecule has 0 radical (unpaired) electrons. The van der Waals surface area contributed by atoms with Crippen molar-refractivity contribution in [3.63, 3.8) is 0 Å². The Labute approximate surface area is 231 Å². The van der Waals surface area contributed by atoms with Gasteiger partial charge in [0.25, 0.3) is 5.91 Å². The SMILES string of the molecule is CC1CC=C(CC(=O)Nc2cn(CCCCN3CC(C)(C(=O)NCC4CCCC4)N=N3)nn2)C=C1OC(F)(F)F. The molecule has 2 unspecified atom stereocenters. The number of hydrogen-bond acceptors (Lipinski definition) is 8. The van der Waals surface area contributed by atoms with Crippen LogP contribution in [0.25, 0.3) is 0 Å². The molecule has 4 rings (SSSR count). The summed E-state index contributed by atoms with van der Waals surface area (Å²) in [6.45, 7) is 5.80. The Bertz CT molecular complexity index is 1140. The number of halogens is 3. The Balaban J connectivity index is 1.14. The molecule has 1 saturated carbocycles. The first-order chi connectivity index (χ1) is 19.0. The molecule has 220 valence electrons. The highest BCUT2D eigenvalue weighted by Crippen LogP contribution is 2.31. The van der Waals surface area contributed by atoms with Gasteiger partial charge in [0.2, 0.25) is 5.91 Å². The Morgan fingerprint density at radius 3 is 2.70 bits per heavy atom. The van der Waals surface area contributed by atoms with Gasteiger partial charge in [-0.15, -0.1) is 18.3 Å². The molecular formula is C26H37F3N8O3. The minimum Gasteiger partial charge on any atom is -0.410 e. The third-order valence-electron chi connectivity index (χ3n) is 7.40. The number of unbranched alkanes of at least 4 members (excludes halogenated alkanes) is 1. The summed E-state index contributed by atoms with van der Waals surface area (Å²) in [6, 6.07) is 0. The van der Waals surface area contributed by atoms with Crippen LogP contribution in [0.1, 0.15) is 65.2 Å². The molecule has 3 aliphatic rings. The average molecular weight is 567 g/mol. The predicted octanol–water partition coefficient (Wildman–Crippen LogP) is 4.52. The predicted molar refractivity (Wildman–Crippen MR) is 139 cm³/mol. The molecule has 2 atom stereocenters. The average Bonchev–Trinajstić information content (AvgIpc) is 3.64. The van der Waals surface area contributed by atoms with Gasteiger partial charge in [-0.1, -0.05) is 36.3 Å². The molecule has 2 heterocycles. The standard InChI is InChI=1S/C26H37F3N8O3/c1-18-9-10-20(13-21(18)40-26(27,28)29)14-23(38)31-22-16-36(34-32-22)11-5-6-12-37-17-25(2,33-35-37)24(39)30-15-19-7-3-4-8-19/h10,13,16,18-19H,3-9,11-12,14-15,17H2,1-2H3,(H,30,39)(H,31,38). The highest BCUT2D eigenvalue weighted by Gasteiger charge is 2.40. The largest absolute Gasteiger partial charge is 0.572 e. The number of alkyl halides is 3. The minimum atomic E-state index is -4.77. The van der Waals surface area contributed by atoms with Gasteiger partial charge in [0, 0.05) is 25.6 Å². The molecule has 1 aromatic rings. The first-order valence-electron chi connectivity index (χ1n) is 13.8. The Kier molecular flexibility index (Phi) is 9.46. The van der Waals surface area contributed by atoms with E-state index in [9.17, 15) is 22.8 Å². The third-order valence-corrected chi connectivity index (χ3v) is 7.40. The van der Waals surface area contributed by atoms with Gasteiger partial charge in [-0.25, -0.2) is 0 Å². The van der Waals surface area contributed by atoms with Crippen molar-refractivity contribution in [2.75, 3.05) is 25.0 Å². The lowest BCUT2D eigenvalue weighted by molar-refractivity contribution is -0.308. The summed E-state index contributed by atoms with van der Waals surface area (Å²) in [5, 5.41) is 23.9. The first-order valence-corrected chi connectivity index (χ1v) is 13.8. The van der Waals surface area contributed by atoms with E-state index in [1.54, 1.807) is 23.9 Å². The number of aryl methyl sites for hydroxylation is 1. The van der Waals surface area contributed by atoms with E-state index in [0.717, 1.165) is 12.8 Å². The monoisotopic (exact) mass is 566 g/mol. The van der Waals surface area contributed by atoms with Gasteiger partial charge < -0.3 is 15.4 Å². The topological polar surface area (TPSA) is 126 Å². The second-order valence-electron chi connectivity index (χ2n) is 11.0. The van der Waals surface area contributed by atoms with E-state index >= 15 is 0 Å². The van der Waals surface area contributed by atoms with E-state index in [-0.39, 0.29) is 23.9 Å². The lowest BCUT2D eigenvalue weighted by atomic mass is 9.94. The van der Waals surface area contributed by atoms with Gasteiger partial charge >= 0.3 is 6.36 Å². The lowest BCUT2D eigenvalue weighted by Crippen LogP contribution is -2.47. The molecule has 0 bridgehead atoms. The fourth-order valence-electron chi connectivity index (χ4n) is 5.08. The maximum Gasteiger partial charge on any atom is 0.572 e. The van der Waals surface area contributed by atoms with Gasteiger partial charge in [-0.2, -0.15) is 5.11 Å². The number of rotatable bonds is 12. The van der Waals surface area contributed by atoms with Crippen molar-refractivity contribution >= 4 is 17.6 Å². The van der Waals surface area contributed by atoms with Crippen LogP contribution in [-0.4, -0.2) is 63.4 Å². The van der Waals surface area contributed by atoms with Crippen molar-refractivity contribution in [2.45, 2.75) is 83.7 Å². The second kappa shape index (κ2) is 12.8. The molecule has 1 fully saturated rings. The number of ether oxygens (including phenoxy) is 1. The van der Waals surface area contributed by atoms with Crippen LogP contribution in [-0.2, 0) is 20.9 Å². The summed E-state index contributed by atoms with van der Waals surface area (Å²) in [4.78, 5) is 25.1. The Morgan fingerprint density at radius 2 is 1.95 bits per heavy atom. The van der Waals surface area contributed by atoms with Gasteiger partial charge in [0.1, 0.15) is 5.76 Å². The first kappa shape index (κ1) is 29.5. The summed E-state index contributed by atoms with van der Waals surface area (Å²) in [6.07, 6.45) is 6.45. The van der Waals surface area contributed by atoms with Gasteiger partial charge in [-0.05, 0) is 56.6 Å². The van der Waals surface area contributed by atoms with Crippen LogP contribution in [0, 0.1) is 11.8 Å². The maximum atomic E-state index is 12.7. The van der Waals surface area contributed by atoms with E-state index in [1.165, 1.54) is 31.8 Å². The molecule has 2 aliphatic carbocycles. The van der Waals surface area contributed by atoms with Crippen LogP contribution in [0.15, 0.2) is 40.0 Å². The molecule has 1 aromatic heterocycles. The van der Waals surface area contributed by atoms with Crippen molar-refractivity contribution in [1.82, 2.24) is 25.3 Å². The van der Waals surface area contributed by atoms with Crippen LogP contribution in [0.4, 0.5) is 19.0 Å². The van der Waals surface area contributed by atoms with Gasteiger partial charge in [0.05, 0.1) is 19.2 Å². The molecule has 1 aliphatic heterocycles. The van der Waals surface area contributed by atoms with Crippen molar-refractivity contribution in [1.29, 1.82) is 0 Å². The van der Waals surface area contributed by atoms with Crippen LogP contribution in [0.5, 0.6) is 0 Å². The number of anilines is 1. The summed E-state index contributed by atoms with van der Waals surface area (Å²) in [5.74, 6) is -0.284. The molecule has 40 heavy (non-hydrogen) atoms. The molecule has 2 N–H and O–H groups in total.